The van der Waals surface area contributed by atoms with Gasteiger partial charge in [0.15, 0.2) is 0 Å². The average Bonchev–Trinajstić information content (AvgIpc) is 2.32. The van der Waals surface area contributed by atoms with Gasteiger partial charge in [-0.05, 0) is 19.9 Å². The maximum absolute atomic E-state index is 5.13. The summed E-state index contributed by atoms with van der Waals surface area (Å²) in [4.78, 5) is 9.35. The lowest BCUT2D eigenvalue weighted by atomic mass is 10.1. The predicted octanol–water partition coefficient (Wildman–Crippen LogP) is 1.35. The highest BCUT2D eigenvalue weighted by Gasteiger charge is 2.20. The molecule has 0 spiro atoms. The SMILES string of the molecule is Cc1ccc2c(n1)ONC2C. The van der Waals surface area contributed by atoms with E-state index in [9.17, 15) is 0 Å². The number of pyridine rings is 1. The first kappa shape index (κ1) is 6.61. The number of nitrogens with zero attached hydrogens (tertiary/aromatic N) is 1. The molecule has 0 fully saturated rings. The Labute approximate surface area is 65.4 Å². The van der Waals surface area contributed by atoms with Crippen LogP contribution in [0.25, 0.3) is 0 Å². The lowest BCUT2D eigenvalue weighted by Gasteiger charge is -1.97. The van der Waals surface area contributed by atoms with Gasteiger partial charge in [-0.2, -0.15) is 0 Å². The fourth-order valence-corrected chi connectivity index (χ4v) is 1.16. The first-order valence-electron chi connectivity index (χ1n) is 3.67. The minimum atomic E-state index is 0.262. The molecule has 1 aliphatic heterocycles. The van der Waals surface area contributed by atoms with Crippen molar-refractivity contribution in [3.05, 3.63) is 23.4 Å². The lowest BCUT2D eigenvalue weighted by molar-refractivity contribution is 0.193. The monoisotopic (exact) mass is 150 g/mol. The highest BCUT2D eigenvalue weighted by molar-refractivity contribution is 5.32. The van der Waals surface area contributed by atoms with Crippen LogP contribution in [-0.2, 0) is 0 Å². The summed E-state index contributed by atoms with van der Waals surface area (Å²) in [6.45, 7) is 4.00. The van der Waals surface area contributed by atoms with E-state index in [2.05, 4.69) is 10.5 Å². The molecule has 3 nitrogen and oxygen atoms in total. The first-order chi connectivity index (χ1) is 5.27. The highest BCUT2D eigenvalue weighted by atomic mass is 16.7. The number of aromatic nitrogens is 1. The molecule has 0 radical (unpaired) electrons. The van der Waals surface area contributed by atoms with Gasteiger partial charge >= 0.3 is 0 Å². The van der Waals surface area contributed by atoms with Crippen LogP contribution in [0.3, 0.4) is 0 Å². The second-order valence-electron chi connectivity index (χ2n) is 2.79. The van der Waals surface area contributed by atoms with Crippen molar-refractivity contribution in [3.63, 3.8) is 0 Å². The van der Waals surface area contributed by atoms with Gasteiger partial charge in [0.1, 0.15) is 0 Å². The maximum atomic E-state index is 5.13. The summed E-state index contributed by atoms with van der Waals surface area (Å²) in [7, 11) is 0. The molecule has 0 aliphatic carbocycles. The molecule has 2 heterocycles. The maximum Gasteiger partial charge on any atom is 0.242 e. The Morgan fingerprint density at radius 2 is 2.36 bits per heavy atom. The molecule has 0 bridgehead atoms. The average molecular weight is 150 g/mol. The van der Waals surface area contributed by atoms with Crippen LogP contribution >= 0.6 is 0 Å². The quantitative estimate of drug-likeness (QED) is 0.606. The molecule has 1 N–H and O–H groups in total. The lowest BCUT2D eigenvalue weighted by Crippen LogP contribution is -2.13. The van der Waals surface area contributed by atoms with Crippen LogP contribution in [0.15, 0.2) is 12.1 Å². The van der Waals surface area contributed by atoms with E-state index in [-0.39, 0.29) is 6.04 Å². The molecular formula is C8H10N2O. The zero-order valence-electron chi connectivity index (χ0n) is 6.59. The molecule has 1 aliphatic rings. The smallest absolute Gasteiger partial charge is 0.242 e. The molecule has 2 rings (SSSR count). The standard InChI is InChI=1S/C8H10N2O/c1-5-3-4-7-6(2)10-11-8(7)9-5/h3-4,6,10H,1-2H3. The number of nitrogens with one attached hydrogen (secondary N) is 1. The van der Waals surface area contributed by atoms with Crippen LogP contribution in [-0.4, -0.2) is 4.98 Å². The minimum absolute atomic E-state index is 0.262. The Bertz CT molecular complexity index is 285. The predicted molar refractivity (Wildman–Crippen MR) is 41.2 cm³/mol. The molecule has 3 heteroatoms. The third-order valence-corrected chi connectivity index (χ3v) is 1.83. The third-order valence-electron chi connectivity index (χ3n) is 1.83. The van der Waals surface area contributed by atoms with Gasteiger partial charge in [-0.1, -0.05) is 6.07 Å². The Balaban J connectivity index is 2.50. The fraction of sp³-hybridized carbons (Fsp3) is 0.375. The number of hydroxylamine groups is 1. The topological polar surface area (TPSA) is 34.1 Å². The van der Waals surface area contributed by atoms with Crippen molar-refractivity contribution in [1.82, 2.24) is 10.5 Å². The van der Waals surface area contributed by atoms with Crippen molar-refractivity contribution in [1.29, 1.82) is 0 Å². The van der Waals surface area contributed by atoms with E-state index in [1.807, 2.05) is 26.0 Å². The van der Waals surface area contributed by atoms with E-state index >= 15 is 0 Å². The van der Waals surface area contributed by atoms with Crippen LogP contribution in [0.1, 0.15) is 24.2 Å². The van der Waals surface area contributed by atoms with E-state index in [0.29, 0.717) is 0 Å². The van der Waals surface area contributed by atoms with Crippen molar-refractivity contribution < 1.29 is 4.84 Å². The molecule has 0 saturated carbocycles. The molecule has 0 aromatic carbocycles. The molecule has 1 atom stereocenters. The second kappa shape index (κ2) is 2.20. The summed E-state index contributed by atoms with van der Waals surface area (Å²) in [6.07, 6.45) is 0. The van der Waals surface area contributed by atoms with Gasteiger partial charge in [-0.3, -0.25) is 0 Å². The van der Waals surface area contributed by atoms with Gasteiger partial charge in [0.2, 0.25) is 5.88 Å². The molecule has 1 unspecified atom stereocenters. The normalized spacial score (nSPS) is 21.1. The van der Waals surface area contributed by atoms with Crippen LogP contribution in [0.2, 0.25) is 0 Å². The van der Waals surface area contributed by atoms with Crippen LogP contribution < -0.4 is 10.3 Å². The largest absolute Gasteiger partial charge is 0.387 e. The molecule has 1 aromatic heterocycles. The summed E-state index contributed by atoms with van der Waals surface area (Å²) in [6, 6.07) is 4.30. The van der Waals surface area contributed by atoms with Crippen molar-refractivity contribution in [2.24, 2.45) is 0 Å². The summed E-state index contributed by atoms with van der Waals surface area (Å²) >= 11 is 0. The van der Waals surface area contributed by atoms with Gasteiger partial charge in [-0.15, -0.1) is 5.48 Å². The van der Waals surface area contributed by atoms with Crippen molar-refractivity contribution >= 4 is 0 Å². The van der Waals surface area contributed by atoms with Gasteiger partial charge in [-0.25, -0.2) is 4.98 Å². The molecular weight excluding hydrogens is 140 g/mol. The highest BCUT2D eigenvalue weighted by Crippen LogP contribution is 2.27. The molecule has 0 saturated heterocycles. The zero-order valence-corrected chi connectivity index (χ0v) is 6.59. The van der Waals surface area contributed by atoms with Gasteiger partial charge in [0, 0.05) is 11.3 Å². The first-order valence-corrected chi connectivity index (χ1v) is 3.67. The second-order valence-corrected chi connectivity index (χ2v) is 2.79. The van der Waals surface area contributed by atoms with E-state index < -0.39 is 0 Å². The molecule has 0 amide bonds. The van der Waals surface area contributed by atoms with E-state index in [0.717, 1.165) is 17.1 Å². The van der Waals surface area contributed by atoms with Crippen LogP contribution in [0, 0.1) is 6.92 Å². The number of rotatable bonds is 0. The molecule has 1 aromatic rings. The Hall–Kier alpha value is -1.09. The number of fused-ring (bicyclic) bond motifs is 1. The van der Waals surface area contributed by atoms with Crippen LogP contribution in [0.5, 0.6) is 5.88 Å². The molecule has 11 heavy (non-hydrogen) atoms. The van der Waals surface area contributed by atoms with Gasteiger partial charge in [0.05, 0.1) is 6.04 Å². The summed E-state index contributed by atoms with van der Waals surface area (Å²) in [5, 5.41) is 0. The molecule has 58 valence electrons. The van der Waals surface area contributed by atoms with E-state index in [1.54, 1.807) is 0 Å². The zero-order chi connectivity index (χ0) is 7.84. The number of aryl methyl sites for hydroxylation is 1. The summed E-state index contributed by atoms with van der Waals surface area (Å²) in [5.41, 5.74) is 4.97. The van der Waals surface area contributed by atoms with Crippen molar-refractivity contribution in [2.75, 3.05) is 0 Å². The Morgan fingerprint density at radius 3 is 3.18 bits per heavy atom. The fourth-order valence-electron chi connectivity index (χ4n) is 1.16. The Kier molecular flexibility index (Phi) is 1.32. The minimum Gasteiger partial charge on any atom is -0.387 e. The van der Waals surface area contributed by atoms with E-state index in [4.69, 9.17) is 4.84 Å². The number of hydrogen-bond acceptors (Lipinski definition) is 3. The Morgan fingerprint density at radius 1 is 1.55 bits per heavy atom. The summed E-state index contributed by atoms with van der Waals surface area (Å²) < 4.78 is 0. The van der Waals surface area contributed by atoms with Crippen molar-refractivity contribution in [3.8, 4) is 5.88 Å². The third kappa shape index (κ3) is 0.973. The van der Waals surface area contributed by atoms with Crippen molar-refractivity contribution in [2.45, 2.75) is 19.9 Å². The van der Waals surface area contributed by atoms with Gasteiger partial charge in [0.25, 0.3) is 0 Å². The van der Waals surface area contributed by atoms with Gasteiger partial charge < -0.3 is 4.84 Å². The number of hydrogen-bond donors (Lipinski definition) is 1. The summed E-state index contributed by atoms with van der Waals surface area (Å²) in [5.74, 6) is 0.720. The van der Waals surface area contributed by atoms with E-state index in [1.165, 1.54) is 0 Å². The van der Waals surface area contributed by atoms with Crippen LogP contribution in [0.4, 0.5) is 0 Å².